The molecule has 0 spiro atoms. The third kappa shape index (κ3) is 5.55. The summed E-state index contributed by atoms with van der Waals surface area (Å²) in [6.45, 7) is 8.73. The van der Waals surface area contributed by atoms with Crippen molar-refractivity contribution in [2.45, 2.75) is 54.5 Å². The second-order valence-corrected chi connectivity index (χ2v) is 5.80. The number of benzene rings is 2. The normalized spacial score (nSPS) is 9.83. The van der Waals surface area contributed by atoms with Gasteiger partial charge < -0.3 is 4.57 Å². The number of aromatic nitrogens is 2. The van der Waals surface area contributed by atoms with Gasteiger partial charge in [0.1, 0.15) is 0 Å². The van der Waals surface area contributed by atoms with Crippen molar-refractivity contribution >= 4 is 11.0 Å². The minimum absolute atomic E-state index is 0. The van der Waals surface area contributed by atoms with Gasteiger partial charge in [-0.3, -0.25) is 0 Å². The van der Waals surface area contributed by atoms with Gasteiger partial charge in [-0.1, -0.05) is 71.2 Å². The van der Waals surface area contributed by atoms with E-state index in [1.165, 1.54) is 11.1 Å². The lowest BCUT2D eigenvalue weighted by atomic mass is 10.0. The Balaban J connectivity index is 0.000000401. The van der Waals surface area contributed by atoms with Crippen LogP contribution in [-0.2, 0) is 0 Å². The van der Waals surface area contributed by atoms with Crippen LogP contribution >= 0.6 is 0 Å². The van der Waals surface area contributed by atoms with Crippen molar-refractivity contribution in [3.8, 4) is 0 Å². The molecule has 2 nitrogen and oxygen atoms in total. The van der Waals surface area contributed by atoms with Crippen molar-refractivity contribution in [3.63, 3.8) is 0 Å². The average molecular weight is 313 g/mol. The summed E-state index contributed by atoms with van der Waals surface area (Å²) in [6.07, 6.45) is 1.90. The first-order valence-electron chi connectivity index (χ1n) is 7.56. The highest BCUT2D eigenvalue weighted by Crippen LogP contribution is 2.16. The van der Waals surface area contributed by atoms with E-state index >= 15 is 0 Å². The molecule has 126 valence electrons. The predicted octanol–water partition coefficient (Wildman–Crippen LogP) is 6.70. The van der Waals surface area contributed by atoms with E-state index < -0.39 is 0 Å². The standard InChI is InChI=1S/C10H12N2.C9H12.2CH4/c1-8(2)12-7-11-9-5-3-4-6-10(9)12;1-8(2)9-6-4-3-5-7-9;;/h3-8H,1-2H3;3-8H,1-2H3;2*1H4. The lowest BCUT2D eigenvalue weighted by Gasteiger charge is -2.06. The topological polar surface area (TPSA) is 17.8 Å². The molecule has 0 N–H and O–H groups in total. The molecule has 23 heavy (non-hydrogen) atoms. The number of nitrogens with zero attached hydrogens (tertiary/aromatic N) is 2. The van der Waals surface area contributed by atoms with E-state index in [1.54, 1.807) is 0 Å². The van der Waals surface area contributed by atoms with Gasteiger partial charge in [0.25, 0.3) is 0 Å². The summed E-state index contributed by atoms with van der Waals surface area (Å²) in [6, 6.07) is 19.2. The SMILES string of the molecule is C.C.CC(C)c1ccccc1.CC(C)n1cnc2ccccc21. The van der Waals surface area contributed by atoms with E-state index in [9.17, 15) is 0 Å². The maximum atomic E-state index is 4.30. The minimum Gasteiger partial charge on any atom is -0.328 e. The van der Waals surface area contributed by atoms with Gasteiger partial charge in [-0.15, -0.1) is 0 Å². The molecule has 0 bridgehead atoms. The first kappa shape index (κ1) is 20.9. The van der Waals surface area contributed by atoms with Gasteiger partial charge >= 0.3 is 0 Å². The monoisotopic (exact) mass is 312 g/mol. The van der Waals surface area contributed by atoms with Crippen LogP contribution in [0.3, 0.4) is 0 Å². The van der Waals surface area contributed by atoms with Crippen molar-refractivity contribution < 1.29 is 0 Å². The molecule has 2 aromatic carbocycles. The van der Waals surface area contributed by atoms with E-state index in [-0.39, 0.29) is 14.9 Å². The number of hydrogen-bond donors (Lipinski definition) is 0. The maximum Gasteiger partial charge on any atom is 0.0960 e. The number of imidazole rings is 1. The van der Waals surface area contributed by atoms with Crippen LogP contribution in [0.5, 0.6) is 0 Å². The van der Waals surface area contributed by atoms with Crippen molar-refractivity contribution in [1.29, 1.82) is 0 Å². The lowest BCUT2D eigenvalue weighted by molar-refractivity contribution is 0.617. The first-order valence-corrected chi connectivity index (χ1v) is 7.56. The molecule has 0 radical (unpaired) electrons. The van der Waals surface area contributed by atoms with Crippen LogP contribution in [0, 0.1) is 0 Å². The molecule has 0 fully saturated rings. The van der Waals surface area contributed by atoms with Crippen LogP contribution < -0.4 is 0 Å². The maximum absolute atomic E-state index is 4.30. The highest BCUT2D eigenvalue weighted by atomic mass is 15.1. The molecule has 1 aromatic heterocycles. The number of fused-ring (bicyclic) bond motifs is 1. The Bertz CT molecular complexity index is 666. The fraction of sp³-hybridized carbons (Fsp3) is 0.381. The summed E-state index contributed by atoms with van der Waals surface area (Å²) in [7, 11) is 0. The summed E-state index contributed by atoms with van der Waals surface area (Å²) in [5.41, 5.74) is 3.70. The fourth-order valence-corrected chi connectivity index (χ4v) is 2.23. The first-order chi connectivity index (χ1) is 10.1. The molecule has 0 aliphatic rings. The molecule has 0 atom stereocenters. The molecule has 1 heterocycles. The molecule has 0 saturated carbocycles. The summed E-state index contributed by atoms with van der Waals surface area (Å²) in [5, 5.41) is 0. The third-order valence-electron chi connectivity index (χ3n) is 3.50. The second-order valence-electron chi connectivity index (χ2n) is 5.80. The van der Waals surface area contributed by atoms with Crippen LogP contribution in [0.25, 0.3) is 11.0 Å². The molecule has 2 heteroatoms. The summed E-state index contributed by atoms with van der Waals surface area (Å²) in [4.78, 5) is 4.30. The van der Waals surface area contributed by atoms with Gasteiger partial charge in [-0.2, -0.15) is 0 Å². The summed E-state index contributed by atoms with van der Waals surface area (Å²) >= 11 is 0. The smallest absolute Gasteiger partial charge is 0.0960 e. The minimum atomic E-state index is 0. The van der Waals surface area contributed by atoms with E-state index in [4.69, 9.17) is 0 Å². The molecule has 0 aliphatic heterocycles. The Labute approximate surface area is 142 Å². The van der Waals surface area contributed by atoms with Crippen LogP contribution in [0.1, 0.15) is 60.1 Å². The fourth-order valence-electron chi connectivity index (χ4n) is 2.23. The van der Waals surface area contributed by atoms with E-state index in [0.29, 0.717) is 12.0 Å². The number of para-hydroxylation sites is 2. The molecular formula is C21H32N2. The second kappa shape index (κ2) is 9.83. The van der Waals surface area contributed by atoms with Crippen LogP contribution in [0.15, 0.2) is 60.9 Å². The van der Waals surface area contributed by atoms with Gasteiger partial charge in [0.15, 0.2) is 0 Å². The zero-order valence-corrected chi connectivity index (χ0v) is 13.3. The van der Waals surface area contributed by atoms with Gasteiger partial charge in [-0.05, 0) is 37.5 Å². The quantitative estimate of drug-likeness (QED) is 0.515. The van der Waals surface area contributed by atoms with Crippen LogP contribution in [0.2, 0.25) is 0 Å². The molecule has 0 aliphatic carbocycles. The van der Waals surface area contributed by atoms with E-state index in [2.05, 4.69) is 67.6 Å². The van der Waals surface area contributed by atoms with Crippen molar-refractivity contribution in [2.75, 3.05) is 0 Å². The van der Waals surface area contributed by atoms with Gasteiger partial charge in [0.05, 0.1) is 17.4 Å². The molecule has 0 amide bonds. The van der Waals surface area contributed by atoms with E-state index in [0.717, 1.165) is 5.52 Å². The largest absolute Gasteiger partial charge is 0.328 e. The van der Waals surface area contributed by atoms with Gasteiger partial charge in [0.2, 0.25) is 0 Å². The van der Waals surface area contributed by atoms with Gasteiger partial charge in [-0.25, -0.2) is 4.98 Å². The van der Waals surface area contributed by atoms with Crippen molar-refractivity contribution in [2.24, 2.45) is 0 Å². The average Bonchev–Trinajstić information content (AvgIpc) is 2.93. The Hall–Kier alpha value is -2.09. The molecular weight excluding hydrogens is 280 g/mol. The lowest BCUT2D eigenvalue weighted by Crippen LogP contribution is -1.97. The Morgan fingerprint density at radius 1 is 0.783 bits per heavy atom. The van der Waals surface area contributed by atoms with Gasteiger partial charge in [0, 0.05) is 6.04 Å². The van der Waals surface area contributed by atoms with E-state index in [1.807, 2.05) is 30.6 Å². The number of hydrogen-bond acceptors (Lipinski definition) is 1. The highest BCUT2D eigenvalue weighted by Gasteiger charge is 2.02. The van der Waals surface area contributed by atoms with Crippen molar-refractivity contribution in [1.82, 2.24) is 9.55 Å². The Morgan fingerprint density at radius 2 is 1.35 bits per heavy atom. The third-order valence-corrected chi connectivity index (χ3v) is 3.50. The Kier molecular flexibility index (Phi) is 8.94. The zero-order valence-electron chi connectivity index (χ0n) is 13.3. The summed E-state index contributed by atoms with van der Waals surface area (Å²) < 4.78 is 2.18. The summed E-state index contributed by atoms with van der Waals surface area (Å²) in [5.74, 6) is 0.659. The van der Waals surface area contributed by atoms with Crippen LogP contribution in [0.4, 0.5) is 0 Å². The van der Waals surface area contributed by atoms with Crippen molar-refractivity contribution in [3.05, 3.63) is 66.5 Å². The predicted molar refractivity (Wildman–Crippen MR) is 104 cm³/mol. The van der Waals surface area contributed by atoms with Crippen LogP contribution in [-0.4, -0.2) is 9.55 Å². The zero-order chi connectivity index (χ0) is 15.2. The number of rotatable bonds is 2. The molecule has 3 rings (SSSR count). The molecule has 0 unspecified atom stereocenters. The molecule has 3 aromatic rings. The highest BCUT2D eigenvalue weighted by molar-refractivity contribution is 5.75. The molecule has 0 saturated heterocycles. The Morgan fingerprint density at radius 3 is 1.87 bits per heavy atom.